The number of H-pyrrole nitrogens is 1. The van der Waals surface area contributed by atoms with E-state index in [1.54, 1.807) is 0 Å². The molecule has 0 fully saturated rings. The normalized spacial score (nSPS) is 11.4. The largest absolute Gasteiger partial charge is 0.481 e. The molecule has 0 radical (unpaired) electrons. The first kappa shape index (κ1) is 20.1. The molecule has 7 nitrogen and oxygen atoms in total. The van der Waals surface area contributed by atoms with Crippen LogP contribution in [0.5, 0.6) is 0 Å². The smallest absolute Gasteiger partial charge is 0.300 e. The summed E-state index contributed by atoms with van der Waals surface area (Å²) < 4.78 is 25.6. The molecule has 1 aromatic carbocycles. The van der Waals surface area contributed by atoms with Crippen LogP contribution in [0.25, 0.3) is 10.9 Å². The van der Waals surface area contributed by atoms with Crippen LogP contribution in [0.3, 0.4) is 0 Å². The molecule has 2 rings (SSSR count). The van der Waals surface area contributed by atoms with Crippen LogP contribution in [0.2, 0.25) is 0 Å². The highest BCUT2D eigenvalue weighted by atomic mass is 32.2. The zero-order chi connectivity index (χ0) is 18.3. The van der Waals surface area contributed by atoms with Gasteiger partial charge in [0.2, 0.25) is 10.0 Å². The van der Waals surface area contributed by atoms with Crippen molar-refractivity contribution < 1.29 is 18.3 Å². The number of aromatic amines is 1. The van der Waals surface area contributed by atoms with Gasteiger partial charge in [-0.1, -0.05) is 6.07 Å². The Morgan fingerprint density at radius 2 is 1.96 bits per heavy atom. The SMILES string of the molecule is CC(=O)O.CNS(=O)(=O)Cc1ccc2[nH]cc(CCN(C)C)c2c1. The molecule has 24 heavy (non-hydrogen) atoms. The van der Waals surface area contributed by atoms with Gasteiger partial charge in [-0.15, -0.1) is 0 Å². The maximum absolute atomic E-state index is 11.6. The molecule has 0 atom stereocenters. The lowest BCUT2D eigenvalue weighted by molar-refractivity contribution is -0.134. The second-order valence-corrected chi connectivity index (χ2v) is 7.66. The van der Waals surface area contributed by atoms with E-state index in [1.165, 1.54) is 12.6 Å². The zero-order valence-corrected chi connectivity index (χ0v) is 15.3. The second-order valence-electron chi connectivity index (χ2n) is 5.73. The minimum Gasteiger partial charge on any atom is -0.481 e. The number of carboxylic acids is 1. The molecular weight excluding hydrogens is 330 g/mol. The Bertz CT molecular complexity index is 778. The van der Waals surface area contributed by atoms with E-state index < -0.39 is 16.0 Å². The summed E-state index contributed by atoms with van der Waals surface area (Å²) in [5, 5.41) is 8.52. The lowest BCUT2D eigenvalue weighted by atomic mass is 10.1. The van der Waals surface area contributed by atoms with Gasteiger partial charge in [0.15, 0.2) is 0 Å². The van der Waals surface area contributed by atoms with Crippen LogP contribution in [0.4, 0.5) is 0 Å². The van der Waals surface area contributed by atoms with Gasteiger partial charge in [-0.2, -0.15) is 0 Å². The topological polar surface area (TPSA) is 102 Å². The molecule has 0 bridgehead atoms. The zero-order valence-electron chi connectivity index (χ0n) is 14.5. The Labute approximate surface area is 142 Å². The molecule has 2 aromatic rings. The number of nitrogens with zero attached hydrogens (tertiary/aromatic N) is 1. The number of fused-ring (bicyclic) bond motifs is 1. The van der Waals surface area contributed by atoms with Crippen LogP contribution in [0, 0.1) is 0 Å². The van der Waals surface area contributed by atoms with Crippen molar-refractivity contribution in [3.8, 4) is 0 Å². The summed E-state index contributed by atoms with van der Waals surface area (Å²) in [7, 11) is 2.29. The van der Waals surface area contributed by atoms with Crippen molar-refractivity contribution >= 4 is 26.9 Å². The van der Waals surface area contributed by atoms with Crippen LogP contribution < -0.4 is 4.72 Å². The van der Waals surface area contributed by atoms with Crippen LogP contribution in [-0.2, 0) is 27.0 Å². The highest BCUT2D eigenvalue weighted by Crippen LogP contribution is 2.21. The molecule has 1 heterocycles. The fourth-order valence-corrected chi connectivity index (χ4v) is 2.92. The molecule has 0 aliphatic carbocycles. The lowest BCUT2D eigenvalue weighted by Crippen LogP contribution is -2.20. The number of likely N-dealkylation sites (N-methyl/N-ethyl adjacent to an activating group) is 1. The van der Waals surface area contributed by atoms with E-state index in [1.807, 2.05) is 38.5 Å². The van der Waals surface area contributed by atoms with Gasteiger partial charge in [0.1, 0.15) is 0 Å². The van der Waals surface area contributed by atoms with E-state index in [-0.39, 0.29) is 5.75 Å². The van der Waals surface area contributed by atoms with Crippen LogP contribution in [0.1, 0.15) is 18.1 Å². The quantitative estimate of drug-likeness (QED) is 0.727. The van der Waals surface area contributed by atoms with E-state index in [9.17, 15) is 8.42 Å². The number of nitrogens with one attached hydrogen (secondary N) is 2. The van der Waals surface area contributed by atoms with Gasteiger partial charge in [-0.05, 0) is 50.8 Å². The average molecular weight is 355 g/mol. The van der Waals surface area contributed by atoms with Gasteiger partial charge in [-0.25, -0.2) is 13.1 Å². The summed E-state index contributed by atoms with van der Waals surface area (Å²) in [4.78, 5) is 14.4. The average Bonchev–Trinajstić information content (AvgIpc) is 2.86. The van der Waals surface area contributed by atoms with Crippen molar-refractivity contribution in [2.75, 3.05) is 27.7 Å². The predicted octanol–water partition coefficient (Wildman–Crippen LogP) is 1.41. The van der Waals surface area contributed by atoms with Crippen molar-refractivity contribution in [3.05, 3.63) is 35.5 Å². The Morgan fingerprint density at radius 3 is 2.50 bits per heavy atom. The number of carbonyl (C=O) groups is 1. The molecule has 0 aliphatic rings. The van der Waals surface area contributed by atoms with Crippen molar-refractivity contribution in [3.63, 3.8) is 0 Å². The summed E-state index contributed by atoms with van der Waals surface area (Å²) in [6, 6.07) is 5.75. The van der Waals surface area contributed by atoms with E-state index in [2.05, 4.69) is 14.6 Å². The van der Waals surface area contributed by atoms with Crippen molar-refractivity contribution in [1.29, 1.82) is 0 Å². The van der Waals surface area contributed by atoms with E-state index >= 15 is 0 Å². The molecule has 0 unspecified atom stereocenters. The molecule has 0 saturated heterocycles. The van der Waals surface area contributed by atoms with Crippen molar-refractivity contribution in [2.45, 2.75) is 19.1 Å². The van der Waals surface area contributed by atoms with Gasteiger partial charge in [-0.3, -0.25) is 4.79 Å². The summed E-state index contributed by atoms with van der Waals surface area (Å²) in [5.74, 6) is -0.822. The highest BCUT2D eigenvalue weighted by Gasteiger charge is 2.11. The molecule has 1 aromatic heterocycles. The van der Waals surface area contributed by atoms with Crippen LogP contribution in [0.15, 0.2) is 24.4 Å². The van der Waals surface area contributed by atoms with Crippen molar-refractivity contribution in [1.82, 2.24) is 14.6 Å². The van der Waals surface area contributed by atoms with Crippen LogP contribution >= 0.6 is 0 Å². The Kier molecular flexibility index (Phi) is 7.40. The fraction of sp³-hybridized carbons (Fsp3) is 0.438. The standard InChI is InChI=1S/C14H21N3O2S.C2H4O2/c1-15-20(18,19)10-11-4-5-14-13(8-11)12(9-16-14)6-7-17(2)3;1-2(3)4/h4-5,8-9,15-16H,6-7,10H2,1-3H3;1H3,(H,3,4). The fourth-order valence-electron chi connectivity index (χ4n) is 2.16. The number of rotatable bonds is 6. The molecule has 0 spiro atoms. The number of sulfonamides is 1. The maximum atomic E-state index is 11.6. The minimum atomic E-state index is -3.23. The summed E-state index contributed by atoms with van der Waals surface area (Å²) in [5.41, 5.74) is 3.07. The molecule has 3 N–H and O–H groups in total. The number of hydrogen-bond acceptors (Lipinski definition) is 4. The molecule has 134 valence electrons. The number of carboxylic acid groups (broad SMARTS) is 1. The third kappa shape index (κ3) is 6.69. The van der Waals surface area contributed by atoms with E-state index in [0.29, 0.717) is 0 Å². The summed E-state index contributed by atoms with van der Waals surface area (Å²) in [6.45, 7) is 2.05. The molecule has 0 amide bonds. The number of aromatic nitrogens is 1. The number of hydrogen-bond donors (Lipinski definition) is 3. The summed E-state index contributed by atoms with van der Waals surface area (Å²) in [6.07, 6.45) is 2.94. The molecule has 8 heteroatoms. The monoisotopic (exact) mass is 355 g/mol. The van der Waals surface area contributed by atoms with E-state index in [0.717, 1.165) is 36.4 Å². The molecule has 0 saturated carbocycles. The third-order valence-corrected chi connectivity index (χ3v) is 4.66. The Balaban J connectivity index is 0.000000648. The predicted molar refractivity (Wildman–Crippen MR) is 95.6 cm³/mol. The van der Waals surface area contributed by atoms with Gasteiger partial charge in [0, 0.05) is 30.6 Å². The molecular formula is C16H25N3O4S. The van der Waals surface area contributed by atoms with Gasteiger partial charge >= 0.3 is 0 Å². The first-order valence-corrected chi connectivity index (χ1v) is 9.14. The van der Waals surface area contributed by atoms with Gasteiger partial charge < -0.3 is 15.0 Å². The number of benzene rings is 1. The first-order valence-electron chi connectivity index (χ1n) is 7.49. The lowest BCUT2D eigenvalue weighted by Gasteiger charge is -2.08. The molecule has 0 aliphatic heterocycles. The Hall–Kier alpha value is -1.90. The van der Waals surface area contributed by atoms with E-state index in [4.69, 9.17) is 9.90 Å². The van der Waals surface area contributed by atoms with Gasteiger partial charge in [0.05, 0.1) is 5.75 Å². The van der Waals surface area contributed by atoms with Gasteiger partial charge in [0.25, 0.3) is 5.97 Å². The van der Waals surface area contributed by atoms with Crippen LogP contribution in [-0.4, -0.2) is 57.1 Å². The first-order chi connectivity index (χ1) is 11.1. The Morgan fingerprint density at radius 1 is 1.33 bits per heavy atom. The highest BCUT2D eigenvalue weighted by molar-refractivity contribution is 7.88. The maximum Gasteiger partial charge on any atom is 0.300 e. The third-order valence-electron chi connectivity index (χ3n) is 3.33. The number of aliphatic carboxylic acids is 1. The second kappa shape index (κ2) is 8.81. The van der Waals surface area contributed by atoms with Crippen molar-refractivity contribution in [2.24, 2.45) is 0 Å². The summed E-state index contributed by atoms with van der Waals surface area (Å²) >= 11 is 0. The minimum absolute atomic E-state index is 0.0116.